The molecule has 2 unspecified atom stereocenters. The van der Waals surface area contributed by atoms with E-state index in [9.17, 15) is 9.59 Å². The Morgan fingerprint density at radius 3 is 2.51 bits per heavy atom. The zero-order valence-corrected chi connectivity index (χ0v) is 24.1. The number of rotatable bonds is 9. The summed E-state index contributed by atoms with van der Waals surface area (Å²) in [6.45, 7) is 3.98. The van der Waals surface area contributed by atoms with Gasteiger partial charge in [0.15, 0.2) is 11.5 Å². The molecule has 216 valence electrons. The second-order valence-corrected chi connectivity index (χ2v) is 10.8. The Kier molecular flexibility index (Phi) is 9.61. The molecular weight excluding hydrogens is 569 g/mol. The largest absolute Gasteiger partial charge is 0.493 e. The maximum atomic E-state index is 12.9. The number of hydrogen-bond donors (Lipinski definition) is 1. The van der Waals surface area contributed by atoms with E-state index in [4.69, 9.17) is 42.1 Å². The molecule has 2 aliphatic rings. The van der Waals surface area contributed by atoms with Crippen LogP contribution in [0.5, 0.6) is 11.5 Å². The van der Waals surface area contributed by atoms with Gasteiger partial charge in [-0.25, -0.2) is 4.79 Å². The highest BCUT2D eigenvalue weighted by Gasteiger charge is 2.30. The fourth-order valence-electron chi connectivity index (χ4n) is 4.95. The van der Waals surface area contributed by atoms with Gasteiger partial charge >= 0.3 is 5.97 Å². The number of ether oxygens (including phenoxy) is 4. The summed E-state index contributed by atoms with van der Waals surface area (Å²) in [6, 6.07) is 12.5. The number of nitrogens with zero attached hydrogens (tertiary/aromatic N) is 2. The number of esters is 1. The lowest BCUT2D eigenvalue weighted by molar-refractivity contribution is 0.0290. The van der Waals surface area contributed by atoms with E-state index < -0.39 is 5.91 Å². The number of benzene rings is 2. The van der Waals surface area contributed by atoms with Crippen molar-refractivity contribution in [2.45, 2.75) is 38.0 Å². The molecule has 2 atom stereocenters. The van der Waals surface area contributed by atoms with Gasteiger partial charge in [-0.2, -0.15) is 0 Å². The maximum Gasteiger partial charge on any atom is 0.338 e. The van der Waals surface area contributed by atoms with E-state index in [1.54, 1.807) is 24.3 Å². The number of pyridine rings is 1. The molecule has 2 aromatic carbocycles. The summed E-state index contributed by atoms with van der Waals surface area (Å²) in [5, 5.41) is 3.17. The van der Waals surface area contributed by atoms with Crippen LogP contribution < -0.4 is 14.8 Å². The lowest BCUT2D eigenvalue weighted by atomic mass is 10.1. The van der Waals surface area contributed by atoms with Gasteiger partial charge in [0.25, 0.3) is 5.91 Å². The van der Waals surface area contributed by atoms with Crippen LogP contribution >= 0.6 is 23.2 Å². The van der Waals surface area contributed by atoms with Crippen molar-refractivity contribution in [2.75, 3.05) is 38.7 Å². The molecule has 1 saturated carbocycles. The summed E-state index contributed by atoms with van der Waals surface area (Å²) >= 11 is 12.3. The monoisotopic (exact) mass is 599 g/mol. The third-order valence-electron chi connectivity index (χ3n) is 7.09. The van der Waals surface area contributed by atoms with Crippen LogP contribution in [-0.4, -0.2) is 67.4 Å². The van der Waals surface area contributed by atoms with Gasteiger partial charge in [0, 0.05) is 44.0 Å². The predicted molar refractivity (Wildman–Crippen MR) is 155 cm³/mol. The van der Waals surface area contributed by atoms with Gasteiger partial charge < -0.3 is 24.3 Å². The van der Waals surface area contributed by atoms with Gasteiger partial charge in [0.1, 0.15) is 12.2 Å². The quantitative estimate of drug-likeness (QED) is 0.315. The molecule has 0 spiro atoms. The zero-order valence-electron chi connectivity index (χ0n) is 22.6. The molecule has 9 nitrogen and oxygen atoms in total. The van der Waals surface area contributed by atoms with Crippen molar-refractivity contribution in [3.63, 3.8) is 0 Å². The van der Waals surface area contributed by atoms with Crippen LogP contribution in [-0.2, 0) is 16.0 Å². The van der Waals surface area contributed by atoms with Crippen molar-refractivity contribution in [2.24, 2.45) is 0 Å². The lowest BCUT2D eigenvalue weighted by Gasteiger charge is -2.26. The van der Waals surface area contributed by atoms with Crippen LogP contribution in [0.15, 0.2) is 54.9 Å². The van der Waals surface area contributed by atoms with E-state index in [-0.39, 0.29) is 33.9 Å². The molecule has 2 fully saturated rings. The summed E-state index contributed by atoms with van der Waals surface area (Å²) in [7, 11) is 1.53. The topological polar surface area (TPSA) is 99.2 Å². The number of carbonyl (C=O) groups is 2. The summed E-state index contributed by atoms with van der Waals surface area (Å²) < 4.78 is 22.9. The first kappa shape index (κ1) is 29.1. The van der Waals surface area contributed by atoms with Gasteiger partial charge in [-0.15, -0.1) is 0 Å². The predicted octanol–water partition coefficient (Wildman–Crippen LogP) is 5.64. The van der Waals surface area contributed by atoms with E-state index in [1.807, 2.05) is 18.2 Å². The molecule has 0 bridgehead atoms. The maximum absolute atomic E-state index is 12.9. The minimum absolute atomic E-state index is 0.211. The third-order valence-corrected chi connectivity index (χ3v) is 7.67. The molecule has 3 aromatic rings. The number of halogens is 2. The summed E-state index contributed by atoms with van der Waals surface area (Å²) in [5.74, 6) is 0.143. The number of amides is 1. The smallest absolute Gasteiger partial charge is 0.338 e. The molecule has 1 saturated heterocycles. The van der Waals surface area contributed by atoms with Crippen molar-refractivity contribution in [3.05, 3.63) is 81.6 Å². The van der Waals surface area contributed by atoms with Crippen molar-refractivity contribution in [1.29, 1.82) is 0 Å². The molecule has 1 aliphatic heterocycles. The second kappa shape index (κ2) is 13.5. The van der Waals surface area contributed by atoms with Crippen molar-refractivity contribution in [1.82, 2.24) is 9.88 Å². The van der Waals surface area contributed by atoms with Crippen molar-refractivity contribution >= 4 is 40.8 Å². The standard InChI is InChI=1S/C30H31Cl2N3O6/c1-38-26-8-5-20(29(36)34-28-24(31)16-33-17-25(28)32)14-27(26)40-22-6-7-23(15-22)41-30(37)21-4-2-3-19(13-21)18-35-9-11-39-12-10-35/h2-5,8,13-14,16-17,22-23H,6-7,9-12,15,18H2,1H3,(H,33,34,36). The lowest BCUT2D eigenvalue weighted by Crippen LogP contribution is -2.35. The number of methoxy groups -OCH3 is 1. The minimum Gasteiger partial charge on any atom is -0.493 e. The highest BCUT2D eigenvalue weighted by Crippen LogP contribution is 2.35. The Hall–Kier alpha value is -3.37. The van der Waals surface area contributed by atoms with Crippen molar-refractivity contribution in [3.8, 4) is 11.5 Å². The number of aromatic nitrogens is 1. The van der Waals surface area contributed by atoms with Gasteiger partial charge in [0.05, 0.1) is 41.6 Å². The number of nitrogens with one attached hydrogen (secondary N) is 1. The Labute approximate surface area is 248 Å². The van der Waals surface area contributed by atoms with Crippen LogP contribution in [0, 0.1) is 0 Å². The molecule has 1 amide bonds. The van der Waals surface area contributed by atoms with E-state index in [2.05, 4.69) is 15.2 Å². The number of hydrogen-bond acceptors (Lipinski definition) is 8. The van der Waals surface area contributed by atoms with Crippen molar-refractivity contribution < 1.29 is 28.5 Å². The van der Waals surface area contributed by atoms with Crippen LogP contribution in [0.3, 0.4) is 0 Å². The average molecular weight is 600 g/mol. The molecular formula is C30H31Cl2N3O6. The summed E-state index contributed by atoms with van der Waals surface area (Å²) in [6.07, 6.45) is 4.21. The van der Waals surface area contributed by atoms with E-state index in [1.165, 1.54) is 19.5 Å². The number of anilines is 1. The Morgan fingerprint density at radius 1 is 1.00 bits per heavy atom. The van der Waals surface area contributed by atoms with Gasteiger partial charge in [-0.1, -0.05) is 35.3 Å². The van der Waals surface area contributed by atoms with Gasteiger partial charge in [-0.3, -0.25) is 14.7 Å². The zero-order chi connectivity index (χ0) is 28.8. The van der Waals surface area contributed by atoms with E-state index in [0.717, 1.165) is 38.4 Å². The van der Waals surface area contributed by atoms with E-state index in [0.29, 0.717) is 41.9 Å². The molecule has 2 heterocycles. The molecule has 5 rings (SSSR count). The minimum atomic E-state index is -0.415. The highest BCUT2D eigenvalue weighted by atomic mass is 35.5. The molecule has 0 radical (unpaired) electrons. The molecule has 1 N–H and O–H groups in total. The Bertz CT molecular complexity index is 1380. The first-order valence-corrected chi connectivity index (χ1v) is 14.2. The Morgan fingerprint density at radius 2 is 1.76 bits per heavy atom. The van der Waals surface area contributed by atoms with Crippen LogP contribution in [0.2, 0.25) is 10.0 Å². The molecule has 1 aliphatic carbocycles. The first-order valence-electron chi connectivity index (χ1n) is 13.4. The number of carbonyl (C=O) groups excluding carboxylic acids is 2. The normalized spacial score (nSPS) is 19.0. The third kappa shape index (κ3) is 7.48. The average Bonchev–Trinajstić information content (AvgIpc) is 3.42. The SMILES string of the molecule is COc1ccc(C(=O)Nc2c(Cl)cncc2Cl)cc1OC1CCC(OC(=O)c2cccc(CN3CCOCC3)c2)C1. The molecule has 11 heteroatoms. The molecule has 1 aromatic heterocycles. The molecule has 41 heavy (non-hydrogen) atoms. The fourth-order valence-corrected chi connectivity index (χ4v) is 5.41. The van der Waals surface area contributed by atoms with Gasteiger partial charge in [-0.05, 0) is 48.7 Å². The first-order chi connectivity index (χ1) is 19.9. The van der Waals surface area contributed by atoms with Crippen LogP contribution in [0.1, 0.15) is 45.5 Å². The summed E-state index contributed by atoms with van der Waals surface area (Å²) in [4.78, 5) is 32.1. The number of morpholine rings is 1. The van der Waals surface area contributed by atoms with Gasteiger partial charge in [0.2, 0.25) is 0 Å². The Balaban J connectivity index is 1.19. The summed E-state index contributed by atoms with van der Waals surface area (Å²) in [5.41, 5.74) is 2.22. The van der Waals surface area contributed by atoms with Crippen LogP contribution in [0.25, 0.3) is 0 Å². The fraction of sp³-hybridized carbons (Fsp3) is 0.367. The highest BCUT2D eigenvalue weighted by molar-refractivity contribution is 6.39. The second-order valence-electron chi connectivity index (χ2n) is 9.97. The van der Waals surface area contributed by atoms with E-state index >= 15 is 0 Å². The van der Waals surface area contributed by atoms with Crippen LogP contribution in [0.4, 0.5) is 5.69 Å².